The molecule has 0 radical (unpaired) electrons. The maximum absolute atomic E-state index is 4.82. The van der Waals surface area contributed by atoms with Gasteiger partial charge in [-0.2, -0.15) is 0 Å². The Balaban J connectivity index is 2.15. The Hall–Kier alpha value is -1.93. The second kappa shape index (κ2) is 7.90. The molecule has 0 unspecified atom stereocenters. The standard InChI is InChI=1S/C20H25NSi/c1-22(2,3)16-10-15-20(19-13-8-5-9-14-19)21-17-18-11-6-4-7-12-18/h4-14,16-17,20H,15H2,1-3H3/b16-10+,21-17?/t20-/m0/s1. The zero-order valence-corrected chi connectivity index (χ0v) is 14.7. The number of hydrogen-bond donors (Lipinski definition) is 0. The van der Waals surface area contributed by atoms with Gasteiger partial charge < -0.3 is 0 Å². The summed E-state index contributed by atoms with van der Waals surface area (Å²) in [5.74, 6) is 0. The Morgan fingerprint density at radius 3 is 2.09 bits per heavy atom. The van der Waals surface area contributed by atoms with Gasteiger partial charge in [-0.3, -0.25) is 4.99 Å². The second-order valence-corrected chi connectivity index (χ2v) is 11.7. The van der Waals surface area contributed by atoms with Crippen LogP contribution in [0.15, 0.2) is 77.4 Å². The first-order valence-electron chi connectivity index (χ1n) is 7.85. The number of hydrogen-bond acceptors (Lipinski definition) is 1. The quantitative estimate of drug-likeness (QED) is 0.481. The van der Waals surface area contributed by atoms with Crippen LogP contribution in [0.25, 0.3) is 0 Å². The molecule has 2 rings (SSSR count). The summed E-state index contributed by atoms with van der Waals surface area (Å²) >= 11 is 0. The van der Waals surface area contributed by atoms with Gasteiger partial charge in [-0.25, -0.2) is 0 Å². The molecule has 0 bridgehead atoms. The molecule has 2 heteroatoms. The highest BCUT2D eigenvalue weighted by Gasteiger charge is 2.10. The van der Waals surface area contributed by atoms with Gasteiger partial charge in [-0.15, -0.1) is 0 Å². The molecule has 22 heavy (non-hydrogen) atoms. The molecule has 0 aromatic heterocycles. The van der Waals surface area contributed by atoms with Crippen molar-refractivity contribution < 1.29 is 0 Å². The first kappa shape index (κ1) is 16.4. The molecule has 2 aromatic carbocycles. The first-order valence-corrected chi connectivity index (χ1v) is 11.4. The molecule has 0 aliphatic heterocycles. The van der Waals surface area contributed by atoms with Crippen LogP contribution in [0, 0.1) is 0 Å². The van der Waals surface area contributed by atoms with E-state index in [1.54, 1.807) is 0 Å². The fourth-order valence-electron chi connectivity index (χ4n) is 2.22. The summed E-state index contributed by atoms with van der Waals surface area (Å²) < 4.78 is 0. The van der Waals surface area contributed by atoms with Gasteiger partial charge in [0.25, 0.3) is 0 Å². The summed E-state index contributed by atoms with van der Waals surface area (Å²) in [6.45, 7) is 7.07. The fraction of sp³-hybridized carbons (Fsp3) is 0.250. The Labute approximate surface area is 135 Å². The van der Waals surface area contributed by atoms with Crippen LogP contribution in [0.2, 0.25) is 19.6 Å². The maximum Gasteiger partial charge on any atom is 0.0783 e. The minimum atomic E-state index is -1.14. The van der Waals surface area contributed by atoms with Gasteiger partial charge in [0.2, 0.25) is 0 Å². The molecule has 2 aromatic rings. The SMILES string of the molecule is C[Si](C)(C)/C=C/C[C@H](N=Cc1ccccc1)c1ccccc1. The molecular formula is C20H25NSi. The predicted molar refractivity (Wildman–Crippen MR) is 100 cm³/mol. The molecule has 0 heterocycles. The zero-order valence-electron chi connectivity index (χ0n) is 13.7. The smallest absolute Gasteiger partial charge is 0.0783 e. The second-order valence-electron chi connectivity index (χ2n) is 6.62. The van der Waals surface area contributed by atoms with Crippen molar-refractivity contribution in [3.05, 3.63) is 83.6 Å². The molecule has 1 atom stereocenters. The van der Waals surface area contributed by atoms with Gasteiger partial charge in [0.1, 0.15) is 0 Å². The van der Waals surface area contributed by atoms with Crippen molar-refractivity contribution in [2.45, 2.75) is 32.1 Å². The van der Waals surface area contributed by atoms with E-state index in [2.05, 4.69) is 73.9 Å². The average molecular weight is 308 g/mol. The first-order chi connectivity index (χ1) is 10.5. The van der Waals surface area contributed by atoms with Gasteiger partial charge >= 0.3 is 0 Å². The Bertz CT molecular complexity index is 609. The van der Waals surface area contributed by atoms with Crippen molar-refractivity contribution >= 4 is 14.3 Å². The molecule has 0 amide bonds. The van der Waals surface area contributed by atoms with Crippen LogP contribution in [-0.4, -0.2) is 14.3 Å². The van der Waals surface area contributed by atoms with E-state index in [1.807, 2.05) is 24.4 Å². The molecule has 0 aliphatic rings. The summed E-state index contributed by atoms with van der Waals surface area (Å²) in [7, 11) is -1.14. The summed E-state index contributed by atoms with van der Waals surface area (Å²) in [4.78, 5) is 4.82. The largest absolute Gasteiger partial charge is 0.284 e. The highest BCUT2D eigenvalue weighted by Crippen LogP contribution is 2.22. The Kier molecular flexibility index (Phi) is 5.90. The van der Waals surface area contributed by atoms with E-state index in [4.69, 9.17) is 4.99 Å². The van der Waals surface area contributed by atoms with E-state index >= 15 is 0 Å². The monoisotopic (exact) mass is 307 g/mol. The summed E-state index contributed by atoms with van der Waals surface area (Å²) in [5, 5.41) is 0. The van der Waals surface area contributed by atoms with Crippen LogP contribution in [0.1, 0.15) is 23.6 Å². The van der Waals surface area contributed by atoms with Crippen molar-refractivity contribution in [3.63, 3.8) is 0 Å². The molecule has 1 nitrogen and oxygen atoms in total. The van der Waals surface area contributed by atoms with Crippen LogP contribution in [0.4, 0.5) is 0 Å². The zero-order chi connectivity index (χ0) is 15.8. The third-order valence-corrected chi connectivity index (χ3v) is 4.60. The third kappa shape index (κ3) is 5.82. The van der Waals surface area contributed by atoms with E-state index in [0.29, 0.717) is 0 Å². The summed E-state index contributed by atoms with van der Waals surface area (Å²) in [6, 6.07) is 21.0. The summed E-state index contributed by atoms with van der Waals surface area (Å²) in [5.41, 5.74) is 4.83. The highest BCUT2D eigenvalue weighted by atomic mass is 28.3. The van der Waals surface area contributed by atoms with Gasteiger partial charge in [-0.05, 0) is 17.5 Å². The van der Waals surface area contributed by atoms with Crippen molar-refractivity contribution in [3.8, 4) is 0 Å². The molecule has 0 N–H and O–H groups in total. The molecular weight excluding hydrogens is 282 g/mol. The molecule has 0 spiro atoms. The average Bonchev–Trinajstić information content (AvgIpc) is 2.51. The van der Waals surface area contributed by atoms with Crippen LogP contribution in [-0.2, 0) is 0 Å². The highest BCUT2D eigenvalue weighted by molar-refractivity contribution is 6.80. The third-order valence-electron chi connectivity index (χ3n) is 3.36. The minimum Gasteiger partial charge on any atom is -0.284 e. The van der Waals surface area contributed by atoms with Gasteiger partial charge in [0, 0.05) is 6.21 Å². The summed E-state index contributed by atoms with van der Waals surface area (Å²) in [6.07, 6.45) is 5.25. The lowest BCUT2D eigenvalue weighted by atomic mass is 10.0. The van der Waals surface area contributed by atoms with E-state index in [1.165, 1.54) is 5.56 Å². The molecule has 0 fully saturated rings. The Morgan fingerprint density at radius 2 is 1.50 bits per heavy atom. The molecule has 0 saturated heterocycles. The number of benzene rings is 2. The lowest BCUT2D eigenvalue weighted by Crippen LogP contribution is -2.15. The van der Waals surface area contributed by atoms with Crippen molar-refractivity contribution in [1.82, 2.24) is 0 Å². The van der Waals surface area contributed by atoms with Gasteiger partial charge in [0.05, 0.1) is 14.1 Å². The fourth-order valence-corrected chi connectivity index (χ4v) is 3.07. The topological polar surface area (TPSA) is 12.4 Å². The minimum absolute atomic E-state index is 0.189. The van der Waals surface area contributed by atoms with E-state index in [9.17, 15) is 0 Å². The normalized spacial score (nSPS) is 13.8. The van der Waals surface area contributed by atoms with Crippen molar-refractivity contribution in [2.24, 2.45) is 4.99 Å². The van der Waals surface area contributed by atoms with Gasteiger partial charge in [-0.1, -0.05) is 92.1 Å². The molecule has 0 aliphatic carbocycles. The predicted octanol–water partition coefficient (Wildman–Crippen LogP) is 5.67. The maximum atomic E-state index is 4.82. The van der Waals surface area contributed by atoms with Crippen LogP contribution >= 0.6 is 0 Å². The van der Waals surface area contributed by atoms with Crippen LogP contribution in [0.5, 0.6) is 0 Å². The van der Waals surface area contributed by atoms with E-state index < -0.39 is 8.07 Å². The molecule has 0 saturated carbocycles. The number of nitrogens with zero attached hydrogens (tertiary/aromatic N) is 1. The van der Waals surface area contributed by atoms with E-state index in [0.717, 1.165) is 12.0 Å². The number of aliphatic imine (C=N–C) groups is 1. The van der Waals surface area contributed by atoms with Gasteiger partial charge in [0.15, 0.2) is 0 Å². The van der Waals surface area contributed by atoms with Crippen molar-refractivity contribution in [1.29, 1.82) is 0 Å². The Morgan fingerprint density at radius 1 is 0.909 bits per heavy atom. The van der Waals surface area contributed by atoms with Crippen LogP contribution in [0.3, 0.4) is 0 Å². The van der Waals surface area contributed by atoms with Crippen molar-refractivity contribution in [2.75, 3.05) is 0 Å². The van der Waals surface area contributed by atoms with Crippen LogP contribution < -0.4 is 0 Å². The van der Waals surface area contributed by atoms with E-state index in [-0.39, 0.29) is 6.04 Å². The lowest BCUT2D eigenvalue weighted by molar-refractivity contribution is 0.747. The number of rotatable bonds is 6. The molecule has 114 valence electrons. The lowest BCUT2D eigenvalue weighted by Gasteiger charge is -2.13.